The lowest BCUT2D eigenvalue weighted by Crippen LogP contribution is -2.27. The third-order valence-electron chi connectivity index (χ3n) is 3.51. The van der Waals surface area contributed by atoms with E-state index in [0.717, 1.165) is 11.3 Å². The van der Waals surface area contributed by atoms with Gasteiger partial charge in [0.1, 0.15) is 11.8 Å². The van der Waals surface area contributed by atoms with E-state index in [2.05, 4.69) is 15.5 Å². The van der Waals surface area contributed by atoms with Crippen LogP contribution in [0, 0.1) is 0 Å². The second-order valence-electron chi connectivity index (χ2n) is 5.73. The zero-order valence-electron chi connectivity index (χ0n) is 14.0. The molecule has 1 amide bonds. The predicted octanol–water partition coefficient (Wildman–Crippen LogP) is 3.01. The molecule has 0 unspecified atom stereocenters. The lowest BCUT2D eigenvalue weighted by atomic mass is 10.1. The van der Waals surface area contributed by atoms with Crippen LogP contribution in [0.5, 0.6) is 5.75 Å². The maximum Gasteiger partial charge on any atom is 0.238 e. The summed E-state index contributed by atoms with van der Waals surface area (Å²) in [6.45, 7) is 5.79. The highest BCUT2D eigenvalue weighted by Gasteiger charge is 2.17. The van der Waals surface area contributed by atoms with E-state index in [9.17, 15) is 4.79 Å². The Labute approximate surface area is 136 Å². The zero-order valence-corrected chi connectivity index (χ0v) is 14.0. The summed E-state index contributed by atoms with van der Waals surface area (Å²) < 4.78 is 10.8. The molecule has 0 saturated carbocycles. The van der Waals surface area contributed by atoms with Crippen molar-refractivity contribution in [3.8, 4) is 5.75 Å². The smallest absolute Gasteiger partial charge is 0.238 e. The largest absolute Gasteiger partial charge is 0.496 e. The first-order valence-corrected chi connectivity index (χ1v) is 7.75. The molecule has 1 N–H and O–H groups in total. The quantitative estimate of drug-likeness (QED) is 0.849. The number of hydrogen-bond donors (Lipinski definition) is 1. The van der Waals surface area contributed by atoms with Crippen molar-refractivity contribution in [1.82, 2.24) is 15.5 Å². The Bertz CT molecular complexity index is 652. The molecule has 0 fully saturated rings. The molecule has 0 aliphatic heterocycles. The van der Waals surface area contributed by atoms with Crippen LogP contribution in [-0.2, 0) is 11.2 Å². The third-order valence-corrected chi connectivity index (χ3v) is 3.51. The molecule has 6 nitrogen and oxygen atoms in total. The molecule has 2 rings (SSSR count). The summed E-state index contributed by atoms with van der Waals surface area (Å²) in [6, 6.07) is 7.39. The average molecular weight is 317 g/mol. The molecule has 6 heteroatoms. The van der Waals surface area contributed by atoms with Crippen molar-refractivity contribution in [3.63, 3.8) is 0 Å². The van der Waals surface area contributed by atoms with Gasteiger partial charge in [-0.2, -0.15) is 0 Å². The fourth-order valence-corrected chi connectivity index (χ4v) is 2.19. The van der Waals surface area contributed by atoms with Gasteiger partial charge in [-0.25, -0.2) is 0 Å². The fraction of sp³-hybridized carbons (Fsp3) is 0.471. The topological polar surface area (TPSA) is 77.2 Å². The van der Waals surface area contributed by atoms with Crippen LogP contribution in [0.25, 0.3) is 0 Å². The number of nitrogens with one attached hydrogen (secondary N) is 1. The molecular formula is C17H23N3O3. The van der Waals surface area contributed by atoms with E-state index in [1.807, 2.05) is 45.0 Å². The number of hydrogen-bond acceptors (Lipinski definition) is 5. The monoisotopic (exact) mass is 317 g/mol. The van der Waals surface area contributed by atoms with Gasteiger partial charge in [-0.05, 0) is 25.0 Å². The van der Waals surface area contributed by atoms with Gasteiger partial charge in [-0.3, -0.25) is 4.79 Å². The number of para-hydroxylation sites is 1. The molecular weight excluding hydrogens is 294 g/mol. The molecule has 1 aromatic heterocycles. The van der Waals surface area contributed by atoms with Crippen LogP contribution in [0.4, 0.5) is 0 Å². The molecule has 124 valence electrons. The molecule has 0 spiro atoms. The minimum absolute atomic E-state index is 0.0623. The Morgan fingerprint density at radius 1 is 1.22 bits per heavy atom. The summed E-state index contributed by atoms with van der Waals surface area (Å²) in [6.07, 6.45) is 0.986. The number of benzene rings is 1. The van der Waals surface area contributed by atoms with Crippen molar-refractivity contribution in [2.45, 2.75) is 45.6 Å². The summed E-state index contributed by atoms with van der Waals surface area (Å²) in [7, 11) is 1.63. The van der Waals surface area contributed by atoms with Crippen molar-refractivity contribution in [2.24, 2.45) is 0 Å². The first kappa shape index (κ1) is 17.0. The van der Waals surface area contributed by atoms with Gasteiger partial charge in [0.15, 0.2) is 0 Å². The minimum atomic E-state index is -0.305. The number of amides is 1. The van der Waals surface area contributed by atoms with E-state index < -0.39 is 0 Å². The second kappa shape index (κ2) is 7.76. The summed E-state index contributed by atoms with van der Waals surface area (Å²) in [5.41, 5.74) is 1.01. The lowest BCUT2D eigenvalue weighted by Gasteiger charge is -2.11. The number of aromatic nitrogens is 2. The summed E-state index contributed by atoms with van der Waals surface area (Å²) in [4.78, 5) is 12.1. The van der Waals surface area contributed by atoms with Crippen molar-refractivity contribution in [2.75, 3.05) is 7.11 Å². The van der Waals surface area contributed by atoms with Crippen LogP contribution in [0.2, 0.25) is 0 Å². The Kier molecular flexibility index (Phi) is 5.73. The van der Waals surface area contributed by atoms with E-state index in [1.54, 1.807) is 7.11 Å². The van der Waals surface area contributed by atoms with Crippen molar-refractivity contribution in [3.05, 3.63) is 41.6 Å². The fourth-order valence-electron chi connectivity index (χ4n) is 2.19. The number of carbonyl (C=O) groups excluding carboxylic acids is 1. The van der Waals surface area contributed by atoms with Crippen LogP contribution < -0.4 is 10.1 Å². The molecule has 0 aliphatic carbocycles. The number of carbonyl (C=O) groups is 1. The molecule has 1 aromatic carbocycles. The summed E-state index contributed by atoms with van der Waals surface area (Å²) in [5.74, 6) is 1.92. The number of ether oxygens (including phenoxy) is 1. The van der Waals surface area contributed by atoms with Crippen molar-refractivity contribution < 1.29 is 13.9 Å². The average Bonchev–Trinajstić information content (AvgIpc) is 3.03. The van der Waals surface area contributed by atoms with Gasteiger partial charge in [0.25, 0.3) is 0 Å². The van der Waals surface area contributed by atoms with E-state index in [-0.39, 0.29) is 17.9 Å². The molecule has 1 atom stereocenters. The summed E-state index contributed by atoms with van der Waals surface area (Å²) in [5, 5.41) is 10.8. The highest BCUT2D eigenvalue weighted by molar-refractivity contribution is 5.76. The van der Waals surface area contributed by atoms with Crippen LogP contribution in [0.1, 0.15) is 56.5 Å². The Morgan fingerprint density at radius 2 is 1.91 bits per heavy atom. The van der Waals surface area contributed by atoms with Crippen LogP contribution in [0.15, 0.2) is 28.7 Å². The highest BCUT2D eigenvalue weighted by atomic mass is 16.5. The van der Waals surface area contributed by atoms with Gasteiger partial charge in [0.05, 0.1) is 7.11 Å². The highest BCUT2D eigenvalue weighted by Crippen LogP contribution is 2.19. The first-order chi connectivity index (χ1) is 11.0. The maximum absolute atomic E-state index is 12.1. The molecule has 0 saturated heterocycles. The standard InChI is InChI=1S/C17H23N3O3/c1-11(2)16-19-20-17(23-16)12(3)18-15(21)10-9-13-7-5-6-8-14(13)22-4/h5-8,11-12H,9-10H2,1-4H3,(H,18,21)/t12-/m1/s1. The van der Waals surface area contributed by atoms with Gasteiger partial charge in [0, 0.05) is 12.3 Å². The number of rotatable bonds is 7. The number of aryl methyl sites for hydroxylation is 1. The van der Waals surface area contributed by atoms with Crippen molar-refractivity contribution >= 4 is 5.91 Å². The molecule has 23 heavy (non-hydrogen) atoms. The van der Waals surface area contributed by atoms with Crippen LogP contribution >= 0.6 is 0 Å². The van der Waals surface area contributed by atoms with Crippen molar-refractivity contribution in [1.29, 1.82) is 0 Å². The molecule has 0 bridgehead atoms. The SMILES string of the molecule is COc1ccccc1CCC(=O)N[C@H](C)c1nnc(C(C)C)o1. The minimum Gasteiger partial charge on any atom is -0.496 e. The maximum atomic E-state index is 12.1. The Balaban J connectivity index is 1.88. The molecule has 0 aliphatic rings. The molecule has 0 radical (unpaired) electrons. The van der Waals surface area contributed by atoms with Gasteiger partial charge < -0.3 is 14.5 Å². The van der Waals surface area contributed by atoms with Crippen LogP contribution in [-0.4, -0.2) is 23.2 Å². The molecule has 2 aromatic rings. The van der Waals surface area contributed by atoms with Gasteiger partial charge in [-0.1, -0.05) is 32.0 Å². The van der Waals surface area contributed by atoms with Gasteiger partial charge >= 0.3 is 0 Å². The zero-order chi connectivity index (χ0) is 16.8. The van der Waals surface area contributed by atoms with E-state index >= 15 is 0 Å². The Morgan fingerprint density at radius 3 is 2.57 bits per heavy atom. The summed E-state index contributed by atoms with van der Waals surface area (Å²) >= 11 is 0. The van der Waals surface area contributed by atoms with Crippen LogP contribution in [0.3, 0.4) is 0 Å². The van der Waals surface area contributed by atoms with E-state index in [4.69, 9.17) is 9.15 Å². The number of nitrogens with zero attached hydrogens (tertiary/aromatic N) is 2. The van der Waals surface area contributed by atoms with Gasteiger partial charge in [0.2, 0.25) is 17.7 Å². The van der Waals surface area contributed by atoms with E-state index in [1.165, 1.54) is 0 Å². The third kappa shape index (κ3) is 4.55. The Hall–Kier alpha value is -2.37. The lowest BCUT2D eigenvalue weighted by molar-refractivity contribution is -0.121. The van der Waals surface area contributed by atoms with E-state index in [0.29, 0.717) is 24.6 Å². The predicted molar refractivity (Wildman–Crippen MR) is 86.3 cm³/mol. The molecule has 1 heterocycles. The first-order valence-electron chi connectivity index (χ1n) is 7.75. The second-order valence-corrected chi connectivity index (χ2v) is 5.73. The number of methoxy groups -OCH3 is 1. The van der Waals surface area contributed by atoms with Gasteiger partial charge in [-0.15, -0.1) is 10.2 Å². The normalized spacial score (nSPS) is 12.2.